The summed E-state index contributed by atoms with van der Waals surface area (Å²) in [5, 5.41) is 0. The summed E-state index contributed by atoms with van der Waals surface area (Å²) in [5.74, 6) is 0.557. The molecule has 1 amide bonds. The summed E-state index contributed by atoms with van der Waals surface area (Å²) in [4.78, 5) is 27.7. The van der Waals surface area contributed by atoms with Gasteiger partial charge in [0.2, 0.25) is 5.91 Å². The second-order valence-corrected chi connectivity index (χ2v) is 7.03. The summed E-state index contributed by atoms with van der Waals surface area (Å²) in [7, 11) is 0. The van der Waals surface area contributed by atoms with E-state index in [1.165, 1.54) is 12.1 Å². The molecule has 1 aliphatic heterocycles. The zero-order valence-electron chi connectivity index (χ0n) is 15.5. The molecule has 4 rings (SSSR count). The van der Waals surface area contributed by atoms with Gasteiger partial charge in [-0.05, 0) is 48.7 Å². The van der Waals surface area contributed by atoms with Crippen LogP contribution in [0.5, 0.6) is 0 Å². The largest absolute Gasteiger partial charge is 0.342 e. The van der Waals surface area contributed by atoms with Gasteiger partial charge in [-0.3, -0.25) is 9.78 Å². The minimum absolute atomic E-state index is 0.0266. The van der Waals surface area contributed by atoms with Gasteiger partial charge in [0.05, 0.1) is 6.42 Å². The first-order valence-electron chi connectivity index (χ1n) is 9.44. The number of likely N-dealkylation sites (tertiary alicyclic amines) is 1. The van der Waals surface area contributed by atoms with Crippen LogP contribution in [0, 0.1) is 5.82 Å². The molecule has 6 heteroatoms. The van der Waals surface area contributed by atoms with Gasteiger partial charge < -0.3 is 4.90 Å². The van der Waals surface area contributed by atoms with Crippen LogP contribution >= 0.6 is 0 Å². The van der Waals surface area contributed by atoms with Crippen molar-refractivity contribution >= 4 is 5.91 Å². The fraction of sp³-hybridized carbons (Fsp3) is 0.273. The molecule has 5 nitrogen and oxygen atoms in total. The molecule has 2 aromatic heterocycles. The molecule has 1 atom stereocenters. The van der Waals surface area contributed by atoms with Crippen molar-refractivity contribution in [3.8, 4) is 11.4 Å². The number of nitrogens with zero attached hydrogens (tertiary/aromatic N) is 4. The third-order valence-electron chi connectivity index (χ3n) is 5.05. The molecular weight excluding hydrogens is 355 g/mol. The number of carbonyl (C=O) groups is 1. The molecule has 3 aromatic rings. The molecule has 0 spiro atoms. The van der Waals surface area contributed by atoms with Gasteiger partial charge in [0.25, 0.3) is 0 Å². The minimum Gasteiger partial charge on any atom is -0.342 e. The minimum atomic E-state index is -0.313. The number of hydrogen-bond acceptors (Lipinski definition) is 4. The van der Waals surface area contributed by atoms with Crippen molar-refractivity contribution in [3.05, 3.63) is 78.1 Å². The summed E-state index contributed by atoms with van der Waals surface area (Å²) in [6.45, 7) is 1.36. The van der Waals surface area contributed by atoms with Crippen molar-refractivity contribution in [1.82, 2.24) is 19.9 Å². The number of carbonyl (C=O) groups excluding carboxylic acids is 1. The summed E-state index contributed by atoms with van der Waals surface area (Å²) >= 11 is 0. The Bertz CT molecular complexity index is 964. The topological polar surface area (TPSA) is 59.0 Å². The highest BCUT2D eigenvalue weighted by molar-refractivity contribution is 5.79. The first-order valence-corrected chi connectivity index (χ1v) is 9.44. The number of aromatic nitrogens is 3. The van der Waals surface area contributed by atoms with E-state index in [-0.39, 0.29) is 24.1 Å². The highest BCUT2D eigenvalue weighted by Crippen LogP contribution is 2.27. The molecule has 0 bridgehead atoms. The average molecular weight is 376 g/mol. The van der Waals surface area contributed by atoms with Crippen molar-refractivity contribution in [2.45, 2.75) is 25.2 Å². The fourth-order valence-corrected chi connectivity index (χ4v) is 3.62. The third-order valence-corrected chi connectivity index (χ3v) is 5.05. The lowest BCUT2D eigenvalue weighted by Crippen LogP contribution is -2.40. The van der Waals surface area contributed by atoms with E-state index in [0.29, 0.717) is 17.9 Å². The Morgan fingerprint density at radius 1 is 1.14 bits per heavy atom. The van der Waals surface area contributed by atoms with Crippen LogP contribution in [0.15, 0.2) is 61.1 Å². The van der Waals surface area contributed by atoms with E-state index in [1.54, 1.807) is 30.7 Å². The summed E-state index contributed by atoms with van der Waals surface area (Å²) in [6, 6.07) is 11.9. The van der Waals surface area contributed by atoms with Crippen molar-refractivity contribution < 1.29 is 9.18 Å². The molecule has 0 saturated carbocycles. The normalized spacial score (nSPS) is 16.8. The Kier molecular flexibility index (Phi) is 5.37. The highest BCUT2D eigenvalue weighted by atomic mass is 19.1. The SMILES string of the molecule is O=C(Cc1cccc(F)c1)N1CCCC(c2ccnc(-c3ccncc3)n2)C1. The lowest BCUT2D eigenvalue weighted by Gasteiger charge is -2.32. The maximum Gasteiger partial charge on any atom is 0.227 e. The smallest absolute Gasteiger partial charge is 0.227 e. The van der Waals surface area contributed by atoms with E-state index in [9.17, 15) is 9.18 Å². The average Bonchev–Trinajstić information content (AvgIpc) is 2.74. The van der Waals surface area contributed by atoms with E-state index < -0.39 is 0 Å². The van der Waals surface area contributed by atoms with Gasteiger partial charge in [-0.1, -0.05) is 12.1 Å². The van der Waals surface area contributed by atoms with E-state index in [2.05, 4.69) is 9.97 Å². The lowest BCUT2D eigenvalue weighted by atomic mass is 9.94. The maximum absolute atomic E-state index is 13.4. The molecule has 0 N–H and O–H groups in total. The lowest BCUT2D eigenvalue weighted by molar-refractivity contribution is -0.131. The Morgan fingerprint density at radius 2 is 2.00 bits per heavy atom. The molecule has 1 saturated heterocycles. The monoisotopic (exact) mass is 376 g/mol. The van der Waals surface area contributed by atoms with Crippen LogP contribution in [0.2, 0.25) is 0 Å². The summed E-state index contributed by atoms with van der Waals surface area (Å²) in [5.41, 5.74) is 2.57. The summed E-state index contributed by atoms with van der Waals surface area (Å²) in [6.07, 6.45) is 7.34. The van der Waals surface area contributed by atoms with Crippen LogP contribution in [-0.2, 0) is 11.2 Å². The van der Waals surface area contributed by atoms with Crippen molar-refractivity contribution in [3.63, 3.8) is 0 Å². The maximum atomic E-state index is 13.4. The second kappa shape index (κ2) is 8.25. The predicted octanol–water partition coefficient (Wildman–Crippen LogP) is 3.63. The number of rotatable bonds is 4. The van der Waals surface area contributed by atoms with Crippen LogP contribution in [-0.4, -0.2) is 38.8 Å². The Morgan fingerprint density at radius 3 is 2.82 bits per heavy atom. The second-order valence-electron chi connectivity index (χ2n) is 7.03. The Labute approximate surface area is 163 Å². The van der Waals surface area contributed by atoms with Gasteiger partial charge >= 0.3 is 0 Å². The molecule has 0 radical (unpaired) electrons. The van der Waals surface area contributed by atoms with E-state index in [0.717, 1.165) is 30.6 Å². The highest BCUT2D eigenvalue weighted by Gasteiger charge is 2.26. The molecule has 1 fully saturated rings. The number of hydrogen-bond donors (Lipinski definition) is 0. The van der Waals surface area contributed by atoms with Crippen LogP contribution in [0.3, 0.4) is 0 Å². The standard InChI is InChI=1S/C22H21FN4O/c23-19-5-1-3-16(13-19)14-21(28)27-12-2-4-18(15-27)20-8-11-25-22(26-20)17-6-9-24-10-7-17/h1,3,5-11,13,18H,2,4,12,14-15H2. The number of amides is 1. The Balaban J connectivity index is 1.47. The van der Waals surface area contributed by atoms with Gasteiger partial charge in [-0.15, -0.1) is 0 Å². The number of piperidine rings is 1. The van der Waals surface area contributed by atoms with E-state index in [4.69, 9.17) is 4.98 Å². The van der Waals surface area contributed by atoms with Crippen LogP contribution in [0.25, 0.3) is 11.4 Å². The molecule has 1 aromatic carbocycles. The van der Waals surface area contributed by atoms with Crippen LogP contribution in [0.1, 0.15) is 30.0 Å². The first-order chi connectivity index (χ1) is 13.7. The third kappa shape index (κ3) is 4.22. The molecular formula is C22H21FN4O. The quantitative estimate of drug-likeness (QED) is 0.698. The van der Waals surface area contributed by atoms with E-state index >= 15 is 0 Å². The van der Waals surface area contributed by atoms with Gasteiger partial charge in [0.15, 0.2) is 5.82 Å². The van der Waals surface area contributed by atoms with Crippen molar-refractivity contribution in [1.29, 1.82) is 0 Å². The molecule has 1 aliphatic rings. The number of benzene rings is 1. The van der Waals surface area contributed by atoms with Crippen LogP contribution < -0.4 is 0 Å². The first kappa shape index (κ1) is 18.2. The van der Waals surface area contributed by atoms with Crippen LogP contribution in [0.4, 0.5) is 4.39 Å². The zero-order chi connectivity index (χ0) is 19.3. The number of halogens is 1. The number of pyridine rings is 1. The van der Waals surface area contributed by atoms with Gasteiger partial charge in [0.1, 0.15) is 5.82 Å². The summed E-state index contributed by atoms with van der Waals surface area (Å²) < 4.78 is 13.4. The fourth-order valence-electron chi connectivity index (χ4n) is 3.62. The molecule has 3 heterocycles. The van der Waals surface area contributed by atoms with Crippen molar-refractivity contribution in [2.24, 2.45) is 0 Å². The van der Waals surface area contributed by atoms with E-state index in [1.807, 2.05) is 23.1 Å². The molecule has 28 heavy (non-hydrogen) atoms. The van der Waals surface area contributed by atoms with Gasteiger partial charge in [0, 0.05) is 48.9 Å². The molecule has 0 aliphatic carbocycles. The molecule has 1 unspecified atom stereocenters. The van der Waals surface area contributed by atoms with Crippen molar-refractivity contribution in [2.75, 3.05) is 13.1 Å². The Hall–Kier alpha value is -3.15. The van der Waals surface area contributed by atoms with Gasteiger partial charge in [-0.25, -0.2) is 14.4 Å². The predicted molar refractivity (Wildman–Crippen MR) is 104 cm³/mol. The zero-order valence-corrected chi connectivity index (χ0v) is 15.5. The van der Waals surface area contributed by atoms with Gasteiger partial charge in [-0.2, -0.15) is 0 Å². The molecule has 142 valence electrons.